The molecule has 0 aromatic carbocycles. The fourth-order valence-electron chi connectivity index (χ4n) is 2.18. The first-order chi connectivity index (χ1) is 8.63. The lowest BCUT2D eigenvalue weighted by molar-refractivity contribution is -0.141. The summed E-state index contributed by atoms with van der Waals surface area (Å²) >= 11 is 0. The standard InChI is InChI=1S/C13H24N2O3/c1-15(9-3-4-13(17)18-2)12(16)10-11-5-7-14-8-6-11/h11,14H,3-10H2,1-2H3. The van der Waals surface area contributed by atoms with E-state index in [1.54, 1.807) is 11.9 Å². The lowest BCUT2D eigenvalue weighted by Crippen LogP contribution is -2.33. The molecule has 0 unspecified atom stereocenters. The Balaban J connectivity index is 2.17. The topological polar surface area (TPSA) is 58.6 Å². The Kier molecular flexibility index (Phi) is 6.72. The molecule has 0 saturated carbocycles. The second kappa shape index (κ2) is 8.08. The molecule has 0 aromatic rings. The summed E-state index contributed by atoms with van der Waals surface area (Å²) < 4.78 is 4.56. The van der Waals surface area contributed by atoms with E-state index in [1.165, 1.54) is 7.11 Å². The van der Waals surface area contributed by atoms with Gasteiger partial charge in [-0.25, -0.2) is 0 Å². The van der Waals surface area contributed by atoms with Crippen molar-refractivity contribution in [1.82, 2.24) is 10.2 Å². The van der Waals surface area contributed by atoms with Crippen LogP contribution in [0.15, 0.2) is 0 Å². The zero-order valence-electron chi connectivity index (χ0n) is 11.4. The molecule has 1 heterocycles. The van der Waals surface area contributed by atoms with Gasteiger partial charge in [-0.1, -0.05) is 0 Å². The summed E-state index contributed by atoms with van der Waals surface area (Å²) in [5.74, 6) is 0.489. The van der Waals surface area contributed by atoms with E-state index in [1.807, 2.05) is 0 Å². The van der Waals surface area contributed by atoms with Crippen LogP contribution in [0.2, 0.25) is 0 Å². The van der Waals surface area contributed by atoms with Crippen LogP contribution in [-0.2, 0) is 14.3 Å². The summed E-state index contributed by atoms with van der Waals surface area (Å²) in [6.07, 6.45) is 3.85. The molecule has 0 bridgehead atoms. The van der Waals surface area contributed by atoms with Crippen LogP contribution in [0.1, 0.15) is 32.1 Å². The molecule has 104 valence electrons. The zero-order valence-corrected chi connectivity index (χ0v) is 11.4. The molecule has 18 heavy (non-hydrogen) atoms. The Morgan fingerprint density at radius 3 is 2.61 bits per heavy atom. The minimum absolute atomic E-state index is 0.187. The number of nitrogens with one attached hydrogen (secondary N) is 1. The number of ether oxygens (including phenoxy) is 1. The fourth-order valence-corrected chi connectivity index (χ4v) is 2.18. The Hall–Kier alpha value is -1.10. The summed E-state index contributed by atoms with van der Waals surface area (Å²) in [5, 5.41) is 3.29. The largest absolute Gasteiger partial charge is 0.469 e. The molecule has 1 rings (SSSR count). The van der Waals surface area contributed by atoms with Gasteiger partial charge in [-0.3, -0.25) is 9.59 Å². The lowest BCUT2D eigenvalue weighted by Gasteiger charge is -2.24. The molecule has 1 saturated heterocycles. The van der Waals surface area contributed by atoms with Crippen molar-refractivity contribution in [2.75, 3.05) is 33.8 Å². The van der Waals surface area contributed by atoms with Gasteiger partial charge in [0.05, 0.1) is 7.11 Å². The van der Waals surface area contributed by atoms with Crippen molar-refractivity contribution < 1.29 is 14.3 Å². The molecule has 5 nitrogen and oxygen atoms in total. The van der Waals surface area contributed by atoms with Crippen molar-refractivity contribution in [1.29, 1.82) is 0 Å². The average molecular weight is 256 g/mol. The third-order valence-electron chi connectivity index (χ3n) is 3.45. The number of rotatable bonds is 6. The van der Waals surface area contributed by atoms with Gasteiger partial charge in [-0.2, -0.15) is 0 Å². The molecule has 0 aliphatic carbocycles. The van der Waals surface area contributed by atoms with E-state index in [0.717, 1.165) is 25.9 Å². The van der Waals surface area contributed by atoms with E-state index in [4.69, 9.17) is 0 Å². The molecule has 5 heteroatoms. The van der Waals surface area contributed by atoms with Gasteiger partial charge in [0.1, 0.15) is 0 Å². The van der Waals surface area contributed by atoms with E-state index < -0.39 is 0 Å². The summed E-state index contributed by atoms with van der Waals surface area (Å²) in [6, 6.07) is 0. The molecule has 1 amide bonds. The number of hydrogen-bond donors (Lipinski definition) is 1. The molecule has 1 N–H and O–H groups in total. The molecular formula is C13H24N2O3. The fraction of sp³-hybridized carbons (Fsp3) is 0.846. The van der Waals surface area contributed by atoms with Gasteiger partial charge < -0.3 is 15.0 Å². The quantitative estimate of drug-likeness (QED) is 0.714. The minimum Gasteiger partial charge on any atom is -0.469 e. The van der Waals surface area contributed by atoms with Crippen LogP contribution < -0.4 is 5.32 Å². The van der Waals surface area contributed by atoms with Gasteiger partial charge >= 0.3 is 5.97 Å². The highest BCUT2D eigenvalue weighted by Gasteiger charge is 2.18. The maximum absolute atomic E-state index is 11.9. The second-order valence-corrected chi connectivity index (χ2v) is 4.89. The van der Waals surface area contributed by atoms with Crippen molar-refractivity contribution in [3.63, 3.8) is 0 Å². The minimum atomic E-state index is -0.214. The summed E-state index contributed by atoms with van der Waals surface area (Å²) in [5.41, 5.74) is 0. The van der Waals surface area contributed by atoms with Crippen LogP contribution in [-0.4, -0.2) is 50.6 Å². The number of amides is 1. The van der Waals surface area contributed by atoms with E-state index >= 15 is 0 Å². The highest BCUT2D eigenvalue weighted by Crippen LogP contribution is 2.16. The van der Waals surface area contributed by atoms with Crippen molar-refractivity contribution in [3.8, 4) is 0 Å². The van der Waals surface area contributed by atoms with Crippen LogP contribution in [0.5, 0.6) is 0 Å². The number of esters is 1. The Morgan fingerprint density at radius 1 is 1.33 bits per heavy atom. The highest BCUT2D eigenvalue weighted by atomic mass is 16.5. The first-order valence-electron chi connectivity index (χ1n) is 6.65. The van der Waals surface area contributed by atoms with Crippen molar-refractivity contribution >= 4 is 11.9 Å². The van der Waals surface area contributed by atoms with Crippen molar-refractivity contribution in [2.24, 2.45) is 5.92 Å². The molecular weight excluding hydrogens is 232 g/mol. The third-order valence-corrected chi connectivity index (χ3v) is 3.45. The van der Waals surface area contributed by atoms with Crippen molar-refractivity contribution in [3.05, 3.63) is 0 Å². The van der Waals surface area contributed by atoms with E-state index in [9.17, 15) is 9.59 Å². The van der Waals surface area contributed by atoms with Gasteiger partial charge in [0.25, 0.3) is 0 Å². The van der Waals surface area contributed by atoms with Gasteiger partial charge in [-0.05, 0) is 38.3 Å². The molecule has 0 atom stereocenters. The Labute approximate surface area is 109 Å². The number of methoxy groups -OCH3 is 1. The SMILES string of the molecule is COC(=O)CCCN(C)C(=O)CC1CCNCC1. The normalized spacial score (nSPS) is 16.3. The first kappa shape index (κ1) is 15.0. The summed E-state index contributed by atoms with van der Waals surface area (Å²) in [4.78, 5) is 24.6. The van der Waals surface area contributed by atoms with Crippen LogP contribution in [0.25, 0.3) is 0 Å². The average Bonchev–Trinajstić information content (AvgIpc) is 2.39. The van der Waals surface area contributed by atoms with Gasteiger partial charge in [0.2, 0.25) is 5.91 Å². The smallest absolute Gasteiger partial charge is 0.305 e. The van der Waals surface area contributed by atoms with Gasteiger partial charge in [0, 0.05) is 26.4 Å². The first-order valence-corrected chi connectivity index (χ1v) is 6.65. The van der Waals surface area contributed by atoms with Crippen LogP contribution in [0.4, 0.5) is 0 Å². The van der Waals surface area contributed by atoms with Crippen LogP contribution in [0.3, 0.4) is 0 Å². The Morgan fingerprint density at radius 2 is 2.00 bits per heavy atom. The number of carbonyl (C=O) groups excluding carboxylic acids is 2. The predicted molar refractivity (Wildman–Crippen MR) is 69.1 cm³/mol. The van der Waals surface area contributed by atoms with Gasteiger partial charge in [-0.15, -0.1) is 0 Å². The molecule has 0 radical (unpaired) electrons. The second-order valence-electron chi connectivity index (χ2n) is 4.89. The number of piperidine rings is 1. The van der Waals surface area contributed by atoms with E-state index in [-0.39, 0.29) is 11.9 Å². The van der Waals surface area contributed by atoms with Crippen molar-refractivity contribution in [2.45, 2.75) is 32.1 Å². The molecule has 1 aliphatic heterocycles. The highest BCUT2D eigenvalue weighted by molar-refractivity contribution is 5.76. The summed E-state index contributed by atoms with van der Waals surface area (Å²) in [7, 11) is 3.19. The summed E-state index contributed by atoms with van der Waals surface area (Å²) in [6.45, 7) is 2.66. The molecule has 1 aliphatic rings. The number of nitrogens with zero attached hydrogens (tertiary/aromatic N) is 1. The maximum Gasteiger partial charge on any atom is 0.305 e. The molecule has 0 spiro atoms. The third kappa shape index (κ3) is 5.49. The monoisotopic (exact) mass is 256 g/mol. The molecule has 0 aromatic heterocycles. The van der Waals surface area contributed by atoms with Crippen LogP contribution in [0, 0.1) is 5.92 Å². The molecule has 1 fully saturated rings. The van der Waals surface area contributed by atoms with E-state index in [0.29, 0.717) is 31.7 Å². The maximum atomic E-state index is 11.9. The van der Waals surface area contributed by atoms with Gasteiger partial charge in [0.15, 0.2) is 0 Å². The predicted octanol–water partition coefficient (Wildman–Crippen LogP) is 0.788. The lowest BCUT2D eigenvalue weighted by atomic mass is 9.94. The van der Waals surface area contributed by atoms with Crippen LogP contribution >= 0.6 is 0 Å². The zero-order chi connectivity index (χ0) is 13.4. The van der Waals surface area contributed by atoms with E-state index in [2.05, 4.69) is 10.1 Å². The number of hydrogen-bond acceptors (Lipinski definition) is 4. The Bertz CT molecular complexity index is 275. The number of carbonyl (C=O) groups is 2.